The number of benzene rings is 1. The van der Waals surface area contributed by atoms with Crippen LogP contribution in [-0.2, 0) is 9.54 Å². The van der Waals surface area contributed by atoms with E-state index in [2.05, 4.69) is 10.3 Å². The SMILES string of the molecule is CC1(c2ccccc2)SC(NC2CC3CCC2C3)=NC1=O. The first-order valence-corrected chi connectivity index (χ1v) is 8.61. The molecule has 4 heteroatoms. The van der Waals surface area contributed by atoms with Crippen LogP contribution in [0.5, 0.6) is 0 Å². The Bertz CT molecular complexity index is 600. The average Bonchev–Trinajstić information content (AvgIpc) is 3.16. The van der Waals surface area contributed by atoms with E-state index >= 15 is 0 Å². The lowest BCUT2D eigenvalue weighted by Gasteiger charge is -2.25. The minimum absolute atomic E-state index is 0.0376. The zero-order chi connectivity index (χ0) is 14.4. The van der Waals surface area contributed by atoms with E-state index in [9.17, 15) is 4.79 Å². The molecule has 2 saturated carbocycles. The number of carbonyl (C=O) groups excluding carboxylic acids is 1. The van der Waals surface area contributed by atoms with Crippen molar-refractivity contribution in [3.05, 3.63) is 35.9 Å². The summed E-state index contributed by atoms with van der Waals surface area (Å²) in [6, 6.07) is 10.5. The molecule has 0 saturated heterocycles. The summed E-state index contributed by atoms with van der Waals surface area (Å²) in [5.74, 6) is 1.65. The Morgan fingerprint density at radius 2 is 2.05 bits per heavy atom. The number of thioether (sulfide) groups is 1. The fourth-order valence-corrected chi connectivity index (χ4v) is 5.15. The van der Waals surface area contributed by atoms with Crippen molar-refractivity contribution in [1.29, 1.82) is 0 Å². The van der Waals surface area contributed by atoms with Gasteiger partial charge in [-0.3, -0.25) is 4.79 Å². The zero-order valence-corrected chi connectivity index (χ0v) is 13.0. The maximum absolute atomic E-state index is 12.4. The van der Waals surface area contributed by atoms with Crippen LogP contribution in [-0.4, -0.2) is 17.1 Å². The van der Waals surface area contributed by atoms with Crippen LogP contribution in [0.1, 0.15) is 38.2 Å². The molecule has 4 rings (SSSR count). The van der Waals surface area contributed by atoms with Gasteiger partial charge in [0.25, 0.3) is 5.91 Å². The molecule has 4 unspecified atom stereocenters. The van der Waals surface area contributed by atoms with E-state index in [1.165, 1.54) is 25.7 Å². The highest BCUT2D eigenvalue weighted by molar-refractivity contribution is 8.15. The van der Waals surface area contributed by atoms with Crippen LogP contribution in [0.25, 0.3) is 0 Å². The fraction of sp³-hybridized carbons (Fsp3) is 0.529. The van der Waals surface area contributed by atoms with Gasteiger partial charge in [-0.25, -0.2) is 0 Å². The van der Waals surface area contributed by atoms with Gasteiger partial charge in [0.15, 0.2) is 5.17 Å². The molecule has 1 aliphatic heterocycles. The number of amides is 1. The summed E-state index contributed by atoms with van der Waals surface area (Å²) in [6.45, 7) is 1.98. The summed E-state index contributed by atoms with van der Waals surface area (Å²) in [6.07, 6.45) is 5.34. The van der Waals surface area contributed by atoms with Crippen LogP contribution >= 0.6 is 11.8 Å². The van der Waals surface area contributed by atoms with E-state index in [1.54, 1.807) is 11.8 Å². The first-order valence-electron chi connectivity index (χ1n) is 7.79. The van der Waals surface area contributed by atoms with E-state index in [1.807, 2.05) is 37.3 Å². The summed E-state index contributed by atoms with van der Waals surface area (Å²) >= 11 is 1.58. The largest absolute Gasteiger partial charge is 0.361 e. The second kappa shape index (κ2) is 4.87. The molecule has 2 aliphatic carbocycles. The predicted octanol–water partition coefficient (Wildman–Crippen LogP) is 3.31. The first kappa shape index (κ1) is 13.4. The van der Waals surface area contributed by atoms with E-state index in [0.717, 1.165) is 22.6 Å². The van der Waals surface area contributed by atoms with E-state index in [0.29, 0.717) is 6.04 Å². The summed E-state index contributed by atoms with van der Waals surface area (Å²) in [5, 5.41) is 4.38. The Morgan fingerprint density at radius 3 is 2.71 bits per heavy atom. The van der Waals surface area contributed by atoms with Crippen molar-refractivity contribution >= 4 is 22.8 Å². The molecule has 3 aliphatic rings. The number of amidine groups is 1. The molecule has 0 radical (unpaired) electrons. The summed E-state index contributed by atoms with van der Waals surface area (Å²) < 4.78 is -0.568. The van der Waals surface area contributed by atoms with Gasteiger partial charge in [-0.15, -0.1) is 0 Å². The lowest BCUT2D eigenvalue weighted by molar-refractivity contribution is -0.119. The molecule has 21 heavy (non-hydrogen) atoms. The molecule has 2 bridgehead atoms. The Kier molecular flexibility index (Phi) is 3.10. The summed E-state index contributed by atoms with van der Waals surface area (Å²) in [7, 11) is 0. The molecule has 1 amide bonds. The molecular weight excluding hydrogens is 280 g/mol. The Balaban J connectivity index is 1.50. The van der Waals surface area contributed by atoms with Crippen molar-refractivity contribution in [2.75, 3.05) is 0 Å². The molecule has 0 aromatic heterocycles. The molecule has 1 heterocycles. The number of fused-ring (bicyclic) bond motifs is 2. The third-order valence-corrected chi connectivity index (χ3v) is 6.50. The lowest BCUT2D eigenvalue weighted by Crippen LogP contribution is -2.37. The molecule has 0 spiro atoms. The number of rotatable bonds is 2. The van der Waals surface area contributed by atoms with Gasteiger partial charge in [0.2, 0.25) is 0 Å². The lowest BCUT2D eigenvalue weighted by atomic mass is 9.96. The molecule has 1 aromatic rings. The van der Waals surface area contributed by atoms with Crippen LogP contribution in [0, 0.1) is 11.8 Å². The number of carbonyl (C=O) groups is 1. The third kappa shape index (κ3) is 2.20. The van der Waals surface area contributed by atoms with Gasteiger partial charge in [-0.05, 0) is 43.6 Å². The van der Waals surface area contributed by atoms with Gasteiger partial charge >= 0.3 is 0 Å². The van der Waals surface area contributed by atoms with Gasteiger partial charge in [0, 0.05) is 6.04 Å². The van der Waals surface area contributed by atoms with Crippen LogP contribution < -0.4 is 5.32 Å². The number of nitrogens with one attached hydrogen (secondary N) is 1. The van der Waals surface area contributed by atoms with Crippen molar-refractivity contribution in [2.45, 2.75) is 43.4 Å². The predicted molar refractivity (Wildman–Crippen MR) is 86.2 cm³/mol. The quantitative estimate of drug-likeness (QED) is 0.911. The Hall–Kier alpha value is -1.29. The van der Waals surface area contributed by atoms with Gasteiger partial charge in [-0.2, -0.15) is 4.99 Å². The highest BCUT2D eigenvalue weighted by Gasteiger charge is 2.45. The minimum atomic E-state index is -0.568. The van der Waals surface area contributed by atoms with E-state index < -0.39 is 4.75 Å². The van der Waals surface area contributed by atoms with Crippen LogP contribution in [0.4, 0.5) is 0 Å². The highest BCUT2D eigenvalue weighted by Crippen LogP contribution is 2.46. The molecule has 2 fully saturated rings. The maximum atomic E-state index is 12.4. The van der Waals surface area contributed by atoms with Crippen molar-refractivity contribution in [1.82, 2.24) is 5.32 Å². The highest BCUT2D eigenvalue weighted by atomic mass is 32.2. The van der Waals surface area contributed by atoms with Crippen molar-refractivity contribution in [3.63, 3.8) is 0 Å². The number of nitrogens with zero attached hydrogens (tertiary/aromatic N) is 1. The topological polar surface area (TPSA) is 41.5 Å². The summed E-state index contributed by atoms with van der Waals surface area (Å²) in [5.41, 5.74) is 1.04. The van der Waals surface area contributed by atoms with E-state index in [4.69, 9.17) is 0 Å². The molecular formula is C17H20N2OS. The van der Waals surface area contributed by atoms with Gasteiger partial charge in [-0.1, -0.05) is 48.5 Å². The van der Waals surface area contributed by atoms with Gasteiger partial charge in [0.1, 0.15) is 4.75 Å². The number of aliphatic imine (C=N–C) groups is 1. The normalized spacial score (nSPS) is 37.9. The van der Waals surface area contributed by atoms with Crippen molar-refractivity contribution in [3.8, 4) is 0 Å². The molecule has 3 nitrogen and oxygen atoms in total. The van der Waals surface area contributed by atoms with Crippen LogP contribution in [0.2, 0.25) is 0 Å². The second-order valence-electron chi connectivity index (χ2n) is 6.65. The first-order chi connectivity index (χ1) is 10.1. The van der Waals surface area contributed by atoms with Crippen molar-refractivity contribution < 1.29 is 4.79 Å². The smallest absolute Gasteiger partial charge is 0.268 e. The average molecular weight is 300 g/mol. The molecule has 110 valence electrons. The van der Waals surface area contributed by atoms with Gasteiger partial charge in [0.05, 0.1) is 0 Å². The molecule has 1 aromatic carbocycles. The standard InChI is InChI=1S/C17H20N2OS/c1-17(13-5-3-2-4-6-13)15(20)19-16(21-17)18-14-10-11-7-8-12(14)9-11/h2-6,11-12,14H,7-10H2,1H3,(H,18,19,20). The Labute approximate surface area is 129 Å². The van der Waals surface area contributed by atoms with Gasteiger partial charge < -0.3 is 5.32 Å². The number of hydrogen-bond donors (Lipinski definition) is 1. The number of hydrogen-bond acceptors (Lipinski definition) is 3. The maximum Gasteiger partial charge on any atom is 0.268 e. The van der Waals surface area contributed by atoms with Crippen LogP contribution in [0.3, 0.4) is 0 Å². The summed E-state index contributed by atoms with van der Waals surface area (Å²) in [4.78, 5) is 16.7. The minimum Gasteiger partial charge on any atom is -0.361 e. The third-order valence-electron chi connectivity index (χ3n) is 5.28. The van der Waals surface area contributed by atoms with Crippen LogP contribution in [0.15, 0.2) is 35.3 Å². The molecule has 4 atom stereocenters. The Morgan fingerprint density at radius 1 is 1.24 bits per heavy atom. The molecule has 1 N–H and O–H groups in total. The van der Waals surface area contributed by atoms with E-state index in [-0.39, 0.29) is 5.91 Å². The second-order valence-corrected chi connectivity index (χ2v) is 8.06. The van der Waals surface area contributed by atoms with Crippen molar-refractivity contribution in [2.24, 2.45) is 16.8 Å². The zero-order valence-electron chi connectivity index (χ0n) is 12.2. The fourth-order valence-electron chi connectivity index (χ4n) is 4.04. The monoisotopic (exact) mass is 300 g/mol.